The Morgan fingerprint density at radius 1 is 1.27 bits per heavy atom. The summed E-state index contributed by atoms with van der Waals surface area (Å²) in [5.41, 5.74) is 8.41. The lowest BCUT2D eigenvalue weighted by atomic mass is 10.2. The number of aromatic amines is 1. The van der Waals surface area contributed by atoms with Crippen LogP contribution in [0.25, 0.3) is 11.3 Å². The third kappa shape index (κ3) is 2.78. The van der Waals surface area contributed by atoms with Crippen molar-refractivity contribution in [3.05, 3.63) is 58.9 Å². The van der Waals surface area contributed by atoms with E-state index in [4.69, 9.17) is 5.73 Å². The summed E-state index contributed by atoms with van der Waals surface area (Å²) < 4.78 is 0. The quantitative estimate of drug-likeness (QED) is 0.680. The molecule has 3 rings (SSSR count). The van der Waals surface area contributed by atoms with Crippen LogP contribution in [0.5, 0.6) is 0 Å². The van der Waals surface area contributed by atoms with Gasteiger partial charge >= 0.3 is 0 Å². The van der Waals surface area contributed by atoms with E-state index < -0.39 is 0 Å². The number of hydrogen-bond donors (Lipinski definition) is 3. The zero-order chi connectivity index (χ0) is 15.5. The predicted octanol–water partition coefficient (Wildman–Crippen LogP) is 1.86. The summed E-state index contributed by atoms with van der Waals surface area (Å²) in [6, 6.07) is 7.13. The lowest BCUT2D eigenvalue weighted by Crippen LogP contribution is -2.14. The molecule has 0 spiro atoms. The summed E-state index contributed by atoms with van der Waals surface area (Å²) in [7, 11) is 0. The molecule has 0 aliphatic carbocycles. The molecule has 0 saturated carbocycles. The molecular weight excluding hydrogens is 280 g/mol. The molecule has 0 bridgehead atoms. The number of rotatable bonds is 3. The maximum absolute atomic E-state index is 11.4. The smallest absolute Gasteiger partial charge is 0.271 e. The molecule has 7 nitrogen and oxygen atoms in total. The van der Waals surface area contributed by atoms with Gasteiger partial charge in [0, 0.05) is 29.8 Å². The Morgan fingerprint density at radius 2 is 2.14 bits per heavy atom. The summed E-state index contributed by atoms with van der Waals surface area (Å²) in [6.45, 7) is 1.77. The van der Waals surface area contributed by atoms with E-state index in [-0.39, 0.29) is 11.2 Å². The standard InChI is InChI=1S/C15H14N6O/c1-9-13(7-11(16)14(22)19-9)21-15-18-6-4-12(20-15)10-3-2-5-17-8-10/h2-8H,16H2,1H3,(H,19,22)(H,18,20,21). The topological polar surface area (TPSA) is 110 Å². The Labute approximate surface area is 126 Å². The van der Waals surface area contributed by atoms with Gasteiger partial charge in [0.05, 0.1) is 17.1 Å². The van der Waals surface area contributed by atoms with E-state index in [0.29, 0.717) is 17.3 Å². The molecule has 7 heteroatoms. The summed E-state index contributed by atoms with van der Waals surface area (Å²) in [4.78, 5) is 26.8. The van der Waals surface area contributed by atoms with Gasteiger partial charge in [0.15, 0.2) is 0 Å². The average Bonchev–Trinajstić information content (AvgIpc) is 2.54. The van der Waals surface area contributed by atoms with Crippen molar-refractivity contribution in [1.29, 1.82) is 0 Å². The minimum Gasteiger partial charge on any atom is -0.394 e. The largest absolute Gasteiger partial charge is 0.394 e. The van der Waals surface area contributed by atoms with Crippen LogP contribution in [0.4, 0.5) is 17.3 Å². The summed E-state index contributed by atoms with van der Waals surface area (Å²) in [5.74, 6) is 0.413. The maximum atomic E-state index is 11.4. The van der Waals surface area contributed by atoms with Crippen molar-refractivity contribution in [3.63, 3.8) is 0 Å². The molecule has 0 unspecified atom stereocenters. The number of nitrogens with zero attached hydrogens (tertiary/aromatic N) is 3. The van der Waals surface area contributed by atoms with E-state index in [9.17, 15) is 4.79 Å². The number of anilines is 3. The molecule has 22 heavy (non-hydrogen) atoms. The highest BCUT2D eigenvalue weighted by Gasteiger charge is 2.06. The number of nitrogens with one attached hydrogen (secondary N) is 2. The Balaban J connectivity index is 1.94. The number of pyridine rings is 2. The van der Waals surface area contributed by atoms with Crippen molar-refractivity contribution < 1.29 is 0 Å². The molecule has 0 radical (unpaired) electrons. The predicted molar refractivity (Wildman–Crippen MR) is 84.8 cm³/mol. The number of aryl methyl sites for hydroxylation is 1. The SMILES string of the molecule is Cc1[nH]c(=O)c(N)cc1Nc1nccc(-c2cccnc2)n1. The molecule has 4 N–H and O–H groups in total. The second-order valence-corrected chi connectivity index (χ2v) is 4.72. The van der Waals surface area contributed by atoms with Crippen molar-refractivity contribution in [2.75, 3.05) is 11.1 Å². The molecular formula is C15H14N6O. The first kappa shape index (κ1) is 13.7. The van der Waals surface area contributed by atoms with Crippen LogP contribution in [0.2, 0.25) is 0 Å². The number of H-pyrrole nitrogens is 1. The Kier molecular flexibility index (Phi) is 3.53. The van der Waals surface area contributed by atoms with Gasteiger partial charge in [-0.1, -0.05) is 0 Å². The average molecular weight is 294 g/mol. The number of hydrogen-bond acceptors (Lipinski definition) is 6. The van der Waals surface area contributed by atoms with Crippen LogP contribution in [0, 0.1) is 6.92 Å². The third-order valence-corrected chi connectivity index (χ3v) is 3.13. The van der Waals surface area contributed by atoms with Gasteiger partial charge in [0.25, 0.3) is 5.56 Å². The molecule has 0 fully saturated rings. The number of aromatic nitrogens is 4. The van der Waals surface area contributed by atoms with Crippen LogP contribution in [0.1, 0.15) is 5.69 Å². The van der Waals surface area contributed by atoms with Gasteiger partial charge in [-0.25, -0.2) is 9.97 Å². The van der Waals surface area contributed by atoms with Crippen LogP contribution in [0.3, 0.4) is 0 Å². The van der Waals surface area contributed by atoms with Gasteiger partial charge in [-0.2, -0.15) is 0 Å². The number of nitrogen functional groups attached to an aromatic ring is 1. The van der Waals surface area contributed by atoms with Crippen LogP contribution < -0.4 is 16.6 Å². The highest BCUT2D eigenvalue weighted by Crippen LogP contribution is 2.20. The minimum atomic E-state index is -0.312. The van der Waals surface area contributed by atoms with Crippen molar-refractivity contribution in [2.45, 2.75) is 6.92 Å². The van der Waals surface area contributed by atoms with Crippen LogP contribution in [-0.2, 0) is 0 Å². The van der Waals surface area contributed by atoms with E-state index in [2.05, 4.69) is 25.3 Å². The Morgan fingerprint density at radius 3 is 2.91 bits per heavy atom. The molecule has 0 saturated heterocycles. The fourth-order valence-corrected chi connectivity index (χ4v) is 1.98. The summed E-state index contributed by atoms with van der Waals surface area (Å²) in [6.07, 6.45) is 5.09. The van der Waals surface area contributed by atoms with Crippen LogP contribution in [-0.4, -0.2) is 19.9 Å². The maximum Gasteiger partial charge on any atom is 0.271 e. The Bertz CT molecular complexity index is 859. The molecule has 0 amide bonds. The molecule has 0 aromatic carbocycles. The van der Waals surface area contributed by atoms with E-state index in [1.165, 1.54) is 0 Å². The van der Waals surface area contributed by atoms with Crippen molar-refractivity contribution >= 4 is 17.3 Å². The fourth-order valence-electron chi connectivity index (χ4n) is 1.98. The normalized spacial score (nSPS) is 10.4. The van der Waals surface area contributed by atoms with Gasteiger partial charge in [0.1, 0.15) is 0 Å². The molecule has 0 aliphatic heterocycles. The first-order valence-corrected chi connectivity index (χ1v) is 6.63. The fraction of sp³-hybridized carbons (Fsp3) is 0.0667. The lowest BCUT2D eigenvalue weighted by Gasteiger charge is -2.09. The van der Waals surface area contributed by atoms with Crippen molar-refractivity contribution in [1.82, 2.24) is 19.9 Å². The zero-order valence-corrected chi connectivity index (χ0v) is 11.9. The van der Waals surface area contributed by atoms with Gasteiger partial charge in [0.2, 0.25) is 5.95 Å². The van der Waals surface area contributed by atoms with Crippen molar-refractivity contribution in [2.24, 2.45) is 0 Å². The van der Waals surface area contributed by atoms with Crippen LogP contribution >= 0.6 is 0 Å². The molecule has 0 aliphatic rings. The first-order chi connectivity index (χ1) is 10.6. The highest BCUT2D eigenvalue weighted by atomic mass is 16.1. The second-order valence-electron chi connectivity index (χ2n) is 4.72. The van der Waals surface area contributed by atoms with Gasteiger partial charge in [-0.05, 0) is 31.2 Å². The molecule has 3 aromatic heterocycles. The zero-order valence-electron chi connectivity index (χ0n) is 11.9. The van der Waals surface area contributed by atoms with E-state index in [0.717, 1.165) is 11.3 Å². The van der Waals surface area contributed by atoms with Gasteiger partial charge < -0.3 is 16.0 Å². The minimum absolute atomic E-state index is 0.136. The van der Waals surface area contributed by atoms with Gasteiger partial charge in [-0.3, -0.25) is 9.78 Å². The highest BCUT2D eigenvalue weighted by molar-refractivity contribution is 5.64. The molecule has 110 valence electrons. The van der Waals surface area contributed by atoms with E-state index >= 15 is 0 Å². The van der Waals surface area contributed by atoms with Crippen molar-refractivity contribution in [3.8, 4) is 11.3 Å². The van der Waals surface area contributed by atoms with E-state index in [1.807, 2.05) is 12.1 Å². The molecule has 0 atom stereocenters. The second kappa shape index (κ2) is 5.65. The number of nitrogens with two attached hydrogens (primary N) is 1. The van der Waals surface area contributed by atoms with Gasteiger partial charge in [-0.15, -0.1) is 0 Å². The third-order valence-electron chi connectivity index (χ3n) is 3.13. The lowest BCUT2D eigenvalue weighted by molar-refractivity contribution is 1.12. The monoisotopic (exact) mass is 294 g/mol. The Hall–Kier alpha value is -3.22. The summed E-state index contributed by atoms with van der Waals surface area (Å²) >= 11 is 0. The first-order valence-electron chi connectivity index (χ1n) is 6.63. The molecule has 3 heterocycles. The van der Waals surface area contributed by atoms with Crippen LogP contribution in [0.15, 0.2) is 47.7 Å². The molecule has 3 aromatic rings. The summed E-state index contributed by atoms with van der Waals surface area (Å²) in [5, 5.41) is 3.06. The van der Waals surface area contributed by atoms with E-state index in [1.54, 1.807) is 37.6 Å².